The Kier molecular flexibility index (Phi) is 4.41. The zero-order chi connectivity index (χ0) is 16.5. The van der Waals surface area contributed by atoms with Crippen LogP contribution in [0.4, 0.5) is 0 Å². The van der Waals surface area contributed by atoms with Gasteiger partial charge in [0.2, 0.25) is 0 Å². The maximum atomic E-state index is 6.30. The van der Waals surface area contributed by atoms with Crippen LogP contribution in [0.3, 0.4) is 0 Å². The van der Waals surface area contributed by atoms with E-state index in [4.69, 9.17) is 4.74 Å². The van der Waals surface area contributed by atoms with Gasteiger partial charge in [-0.05, 0) is 37.2 Å². The van der Waals surface area contributed by atoms with E-state index in [9.17, 15) is 0 Å². The van der Waals surface area contributed by atoms with Gasteiger partial charge in [-0.2, -0.15) is 10.2 Å². The van der Waals surface area contributed by atoms with Crippen molar-refractivity contribution in [3.8, 4) is 0 Å². The molecule has 0 unspecified atom stereocenters. The highest BCUT2D eigenvalue weighted by atomic mass is 16.5. The average Bonchev–Trinajstić information content (AvgIpc) is 2.98. The number of ether oxygens (including phenoxy) is 1. The van der Waals surface area contributed by atoms with Gasteiger partial charge in [-0.3, -0.25) is 14.3 Å². The lowest BCUT2D eigenvalue weighted by Crippen LogP contribution is -2.38. The van der Waals surface area contributed by atoms with Crippen molar-refractivity contribution >= 4 is 0 Å². The van der Waals surface area contributed by atoms with Crippen molar-refractivity contribution in [2.24, 2.45) is 20.0 Å². The van der Waals surface area contributed by atoms with Crippen LogP contribution in [0.5, 0.6) is 0 Å². The number of rotatable bonds is 7. The van der Waals surface area contributed by atoms with Crippen LogP contribution in [0, 0.1) is 5.92 Å². The molecule has 0 bridgehead atoms. The lowest BCUT2D eigenvalue weighted by atomic mass is 10.0. The number of hydrogen-bond acceptors (Lipinski definition) is 4. The van der Waals surface area contributed by atoms with Gasteiger partial charge < -0.3 is 4.74 Å². The van der Waals surface area contributed by atoms with Gasteiger partial charge in [-0.15, -0.1) is 0 Å². The molecule has 0 aromatic carbocycles. The highest BCUT2D eigenvalue weighted by molar-refractivity contribution is 5.11. The molecule has 2 aromatic rings. The van der Waals surface area contributed by atoms with E-state index in [-0.39, 0.29) is 0 Å². The second-order valence-electron chi connectivity index (χ2n) is 7.39. The van der Waals surface area contributed by atoms with E-state index in [1.807, 2.05) is 35.9 Å². The lowest BCUT2D eigenvalue weighted by molar-refractivity contribution is 0.0196. The zero-order valence-corrected chi connectivity index (χ0v) is 14.6. The molecule has 1 aliphatic heterocycles. The Labute approximate surface area is 143 Å². The van der Waals surface area contributed by atoms with Crippen LogP contribution in [0.1, 0.15) is 30.4 Å². The first-order valence-electron chi connectivity index (χ1n) is 8.98. The Morgan fingerprint density at radius 2 is 1.75 bits per heavy atom. The summed E-state index contributed by atoms with van der Waals surface area (Å²) in [4.78, 5) is 2.56. The molecule has 6 nitrogen and oxygen atoms in total. The minimum Gasteiger partial charge on any atom is -0.376 e. The molecule has 1 saturated carbocycles. The van der Waals surface area contributed by atoms with Gasteiger partial charge in [0.15, 0.2) is 0 Å². The number of aryl methyl sites for hydroxylation is 2. The van der Waals surface area contributed by atoms with Crippen LogP contribution in [0.2, 0.25) is 0 Å². The Morgan fingerprint density at radius 3 is 2.38 bits per heavy atom. The summed E-state index contributed by atoms with van der Waals surface area (Å²) in [6.45, 7) is 2.98. The molecule has 6 heteroatoms. The Bertz CT molecular complexity index is 675. The second kappa shape index (κ2) is 6.69. The SMILES string of the molecule is Cn1cc(C[C@@H]2[C@@H](OCC3CC3)CCN2Cc2cnn(C)c2)cn1. The van der Waals surface area contributed by atoms with Gasteiger partial charge in [0.05, 0.1) is 18.5 Å². The third-order valence-corrected chi connectivity index (χ3v) is 5.19. The molecule has 2 atom stereocenters. The fourth-order valence-corrected chi connectivity index (χ4v) is 3.69. The summed E-state index contributed by atoms with van der Waals surface area (Å²) in [6, 6.07) is 0.424. The maximum absolute atomic E-state index is 6.30. The first-order valence-corrected chi connectivity index (χ1v) is 8.98. The molecule has 0 spiro atoms. The largest absolute Gasteiger partial charge is 0.376 e. The standard InChI is InChI=1S/C18H27N5O/c1-21-10-15(8-19-21)7-17-18(24-13-14-3-4-14)5-6-23(17)12-16-9-20-22(2)11-16/h8-11,14,17-18H,3-7,12-13H2,1-2H3/t17-,18+/m1/s1. The first kappa shape index (κ1) is 15.8. The summed E-state index contributed by atoms with van der Waals surface area (Å²) >= 11 is 0. The van der Waals surface area contributed by atoms with Gasteiger partial charge in [0, 0.05) is 57.8 Å². The van der Waals surface area contributed by atoms with Crippen molar-refractivity contribution in [1.82, 2.24) is 24.5 Å². The molecular formula is C18H27N5O. The average molecular weight is 329 g/mol. The normalized spacial score (nSPS) is 24.8. The van der Waals surface area contributed by atoms with Crippen molar-refractivity contribution < 1.29 is 4.74 Å². The van der Waals surface area contributed by atoms with Gasteiger partial charge in [0.1, 0.15) is 0 Å². The van der Waals surface area contributed by atoms with Gasteiger partial charge in [-0.1, -0.05) is 0 Å². The Balaban J connectivity index is 1.45. The third kappa shape index (κ3) is 3.70. The molecule has 3 heterocycles. The van der Waals surface area contributed by atoms with Crippen LogP contribution < -0.4 is 0 Å². The second-order valence-corrected chi connectivity index (χ2v) is 7.39. The molecule has 130 valence electrons. The number of hydrogen-bond donors (Lipinski definition) is 0. The molecule has 4 rings (SSSR count). The summed E-state index contributed by atoms with van der Waals surface area (Å²) in [5, 5.41) is 8.63. The van der Waals surface area contributed by atoms with Crippen LogP contribution >= 0.6 is 0 Å². The molecule has 1 saturated heterocycles. The number of aromatic nitrogens is 4. The molecule has 0 amide bonds. The quantitative estimate of drug-likeness (QED) is 0.777. The molecule has 2 fully saturated rings. The predicted molar refractivity (Wildman–Crippen MR) is 91.4 cm³/mol. The minimum atomic E-state index is 0.336. The maximum Gasteiger partial charge on any atom is 0.0745 e. The fourth-order valence-electron chi connectivity index (χ4n) is 3.69. The topological polar surface area (TPSA) is 48.1 Å². The monoisotopic (exact) mass is 329 g/mol. The van der Waals surface area contributed by atoms with E-state index in [0.717, 1.165) is 38.5 Å². The van der Waals surface area contributed by atoms with Gasteiger partial charge >= 0.3 is 0 Å². The third-order valence-electron chi connectivity index (χ3n) is 5.19. The van der Waals surface area contributed by atoms with E-state index in [1.54, 1.807) is 0 Å². The van der Waals surface area contributed by atoms with Crippen molar-refractivity contribution in [2.75, 3.05) is 13.2 Å². The minimum absolute atomic E-state index is 0.336. The molecule has 2 aromatic heterocycles. The van der Waals surface area contributed by atoms with Crippen molar-refractivity contribution in [3.05, 3.63) is 35.9 Å². The predicted octanol–water partition coefficient (Wildman–Crippen LogP) is 1.77. The van der Waals surface area contributed by atoms with E-state index in [2.05, 4.69) is 27.5 Å². The van der Waals surface area contributed by atoms with Crippen LogP contribution in [0.15, 0.2) is 24.8 Å². The Hall–Kier alpha value is -1.66. The van der Waals surface area contributed by atoms with E-state index >= 15 is 0 Å². The summed E-state index contributed by atoms with van der Waals surface area (Å²) in [5.41, 5.74) is 2.57. The van der Waals surface area contributed by atoms with Gasteiger partial charge in [0.25, 0.3) is 0 Å². The lowest BCUT2D eigenvalue weighted by Gasteiger charge is -2.27. The number of likely N-dealkylation sites (tertiary alicyclic amines) is 1. The molecular weight excluding hydrogens is 302 g/mol. The van der Waals surface area contributed by atoms with E-state index < -0.39 is 0 Å². The van der Waals surface area contributed by atoms with E-state index in [0.29, 0.717) is 12.1 Å². The fraction of sp³-hybridized carbons (Fsp3) is 0.667. The van der Waals surface area contributed by atoms with Gasteiger partial charge in [-0.25, -0.2) is 0 Å². The Morgan fingerprint density at radius 1 is 1.04 bits per heavy atom. The molecule has 2 aliphatic rings. The molecule has 0 N–H and O–H groups in total. The van der Waals surface area contributed by atoms with Crippen molar-refractivity contribution in [3.63, 3.8) is 0 Å². The van der Waals surface area contributed by atoms with Crippen LogP contribution in [0.25, 0.3) is 0 Å². The zero-order valence-electron chi connectivity index (χ0n) is 14.6. The summed E-state index contributed by atoms with van der Waals surface area (Å²) in [5.74, 6) is 0.816. The molecule has 0 radical (unpaired) electrons. The summed E-state index contributed by atoms with van der Waals surface area (Å²) in [6.07, 6.45) is 13.3. The summed E-state index contributed by atoms with van der Waals surface area (Å²) < 4.78 is 10.1. The molecule has 1 aliphatic carbocycles. The summed E-state index contributed by atoms with van der Waals surface area (Å²) in [7, 11) is 3.95. The smallest absolute Gasteiger partial charge is 0.0745 e. The van der Waals surface area contributed by atoms with Crippen LogP contribution in [-0.2, 0) is 31.8 Å². The van der Waals surface area contributed by atoms with Crippen molar-refractivity contribution in [1.29, 1.82) is 0 Å². The number of nitrogens with zero attached hydrogens (tertiary/aromatic N) is 5. The van der Waals surface area contributed by atoms with Crippen molar-refractivity contribution in [2.45, 2.75) is 44.4 Å². The van der Waals surface area contributed by atoms with E-state index in [1.165, 1.54) is 24.0 Å². The highest BCUT2D eigenvalue weighted by Gasteiger charge is 2.36. The first-order chi connectivity index (χ1) is 11.7. The van der Waals surface area contributed by atoms with Crippen LogP contribution in [-0.4, -0.2) is 49.8 Å². The highest BCUT2D eigenvalue weighted by Crippen LogP contribution is 2.32. The molecule has 24 heavy (non-hydrogen) atoms.